The molecule has 2 aliphatic rings. The Labute approximate surface area is 162 Å². The normalized spacial score (nSPS) is 16.2. The Bertz CT molecular complexity index is 1130. The first-order chi connectivity index (χ1) is 13.7. The molecule has 2 heterocycles. The van der Waals surface area contributed by atoms with E-state index in [0.29, 0.717) is 5.56 Å². The molecule has 0 amide bonds. The number of methoxy groups -OCH3 is 1. The van der Waals surface area contributed by atoms with E-state index in [9.17, 15) is 4.79 Å². The van der Waals surface area contributed by atoms with Crippen LogP contribution in [0.5, 0.6) is 11.5 Å². The first-order valence-electron chi connectivity index (χ1n) is 9.35. The van der Waals surface area contributed by atoms with E-state index in [4.69, 9.17) is 19.2 Å². The van der Waals surface area contributed by atoms with Crippen molar-refractivity contribution in [3.05, 3.63) is 64.8 Å². The van der Waals surface area contributed by atoms with Crippen LogP contribution >= 0.6 is 0 Å². The quantitative estimate of drug-likeness (QED) is 0.613. The first-order valence-corrected chi connectivity index (χ1v) is 9.35. The lowest BCUT2D eigenvalue weighted by Gasteiger charge is -2.22. The molecule has 0 saturated carbocycles. The van der Waals surface area contributed by atoms with Gasteiger partial charge in [0.05, 0.1) is 23.9 Å². The number of hydrogen-bond donors (Lipinski definition) is 0. The van der Waals surface area contributed by atoms with E-state index in [-0.39, 0.29) is 12.8 Å². The number of aromatic nitrogens is 1. The van der Waals surface area contributed by atoms with Crippen LogP contribution in [0.1, 0.15) is 40.0 Å². The molecule has 1 aliphatic carbocycles. The highest BCUT2D eigenvalue weighted by Gasteiger charge is 2.25. The van der Waals surface area contributed by atoms with Crippen LogP contribution in [0.2, 0.25) is 0 Å². The SMILES string of the molecule is COC(=O)c1c2c(nc3ccccc13)C(=Cc1ccc3c(c1)OCO3)CCC2. The van der Waals surface area contributed by atoms with Crippen molar-refractivity contribution >= 4 is 28.5 Å². The van der Waals surface area contributed by atoms with Gasteiger partial charge in [-0.15, -0.1) is 0 Å². The standard InChI is InChI=1S/C23H19NO4/c1-26-23(25)21-16-6-2-3-8-18(16)24-22-15(5-4-7-17(21)22)11-14-9-10-19-20(12-14)28-13-27-19/h2-3,6,8-12H,4-5,7,13H2,1H3. The van der Waals surface area contributed by atoms with Gasteiger partial charge in [0.2, 0.25) is 6.79 Å². The van der Waals surface area contributed by atoms with Crippen LogP contribution in [0.15, 0.2) is 42.5 Å². The van der Waals surface area contributed by atoms with Crippen molar-refractivity contribution in [2.75, 3.05) is 13.9 Å². The van der Waals surface area contributed by atoms with Gasteiger partial charge in [-0.3, -0.25) is 0 Å². The number of rotatable bonds is 2. The summed E-state index contributed by atoms with van der Waals surface area (Å²) in [7, 11) is 1.43. The average molecular weight is 373 g/mol. The zero-order valence-electron chi connectivity index (χ0n) is 15.5. The second kappa shape index (κ2) is 6.68. The molecule has 3 aromatic rings. The third-order valence-corrected chi connectivity index (χ3v) is 5.30. The fourth-order valence-electron chi connectivity index (χ4n) is 4.01. The molecule has 0 radical (unpaired) electrons. The van der Waals surface area contributed by atoms with Crippen molar-refractivity contribution in [3.63, 3.8) is 0 Å². The van der Waals surface area contributed by atoms with E-state index in [1.54, 1.807) is 0 Å². The Balaban J connectivity index is 1.69. The van der Waals surface area contributed by atoms with Gasteiger partial charge in [0.15, 0.2) is 11.5 Å². The molecule has 0 fully saturated rings. The highest BCUT2D eigenvalue weighted by atomic mass is 16.7. The minimum absolute atomic E-state index is 0.258. The maximum absolute atomic E-state index is 12.6. The lowest BCUT2D eigenvalue weighted by atomic mass is 9.86. The number of esters is 1. The maximum Gasteiger partial charge on any atom is 0.338 e. The van der Waals surface area contributed by atoms with Gasteiger partial charge >= 0.3 is 5.97 Å². The van der Waals surface area contributed by atoms with Gasteiger partial charge in [0, 0.05) is 5.39 Å². The Morgan fingerprint density at radius 3 is 2.86 bits per heavy atom. The molecule has 0 saturated heterocycles. The predicted octanol–water partition coefficient (Wildman–Crippen LogP) is 4.63. The summed E-state index contributed by atoms with van der Waals surface area (Å²) in [6.07, 6.45) is 4.82. The number of nitrogens with zero attached hydrogens (tertiary/aromatic N) is 1. The van der Waals surface area contributed by atoms with E-state index in [1.165, 1.54) is 7.11 Å². The van der Waals surface area contributed by atoms with Crippen LogP contribution in [-0.4, -0.2) is 24.9 Å². The van der Waals surface area contributed by atoms with Crippen molar-refractivity contribution in [1.82, 2.24) is 4.98 Å². The van der Waals surface area contributed by atoms with Gasteiger partial charge in [0.1, 0.15) is 0 Å². The van der Waals surface area contributed by atoms with Crippen LogP contribution in [0.3, 0.4) is 0 Å². The first kappa shape index (κ1) is 16.8. The second-order valence-electron chi connectivity index (χ2n) is 6.96. The summed E-state index contributed by atoms with van der Waals surface area (Å²) in [5.41, 5.74) is 5.46. The molecule has 0 spiro atoms. The number of para-hydroxylation sites is 1. The van der Waals surface area contributed by atoms with E-state index < -0.39 is 0 Å². The van der Waals surface area contributed by atoms with Gasteiger partial charge in [0.25, 0.3) is 0 Å². The molecule has 0 N–H and O–H groups in total. The summed E-state index contributed by atoms with van der Waals surface area (Å²) in [5, 5.41) is 0.845. The molecule has 0 atom stereocenters. The van der Waals surface area contributed by atoms with Crippen molar-refractivity contribution in [1.29, 1.82) is 0 Å². The monoisotopic (exact) mass is 373 g/mol. The molecular formula is C23H19NO4. The Morgan fingerprint density at radius 1 is 1.11 bits per heavy atom. The number of carbonyl (C=O) groups is 1. The fourth-order valence-corrected chi connectivity index (χ4v) is 4.01. The summed E-state index contributed by atoms with van der Waals surface area (Å²) in [5.74, 6) is 1.22. The predicted molar refractivity (Wildman–Crippen MR) is 106 cm³/mol. The zero-order chi connectivity index (χ0) is 19.1. The van der Waals surface area contributed by atoms with Crippen molar-refractivity contribution in [3.8, 4) is 11.5 Å². The second-order valence-corrected chi connectivity index (χ2v) is 6.96. The number of hydrogen-bond acceptors (Lipinski definition) is 5. The molecule has 140 valence electrons. The van der Waals surface area contributed by atoms with Crippen LogP contribution < -0.4 is 9.47 Å². The molecule has 0 unspecified atom stereocenters. The number of carbonyl (C=O) groups excluding carboxylic acids is 1. The number of fused-ring (bicyclic) bond motifs is 3. The van der Waals surface area contributed by atoms with Gasteiger partial charge in [-0.1, -0.05) is 24.3 Å². The van der Waals surface area contributed by atoms with Gasteiger partial charge in [-0.25, -0.2) is 9.78 Å². The summed E-state index contributed by atoms with van der Waals surface area (Å²) in [4.78, 5) is 17.5. The Hall–Kier alpha value is -3.34. The number of allylic oxidation sites excluding steroid dienone is 1. The van der Waals surface area contributed by atoms with Crippen LogP contribution in [-0.2, 0) is 11.2 Å². The van der Waals surface area contributed by atoms with E-state index >= 15 is 0 Å². The number of pyridine rings is 1. The smallest absolute Gasteiger partial charge is 0.338 e. The lowest BCUT2D eigenvalue weighted by Crippen LogP contribution is -2.14. The average Bonchev–Trinajstić information content (AvgIpc) is 3.20. The number of benzene rings is 2. The highest BCUT2D eigenvalue weighted by Crippen LogP contribution is 2.38. The van der Waals surface area contributed by atoms with Crippen molar-refractivity contribution < 1.29 is 19.0 Å². The molecule has 1 aliphatic heterocycles. The lowest BCUT2D eigenvalue weighted by molar-refractivity contribution is 0.0601. The Kier molecular flexibility index (Phi) is 4.01. The van der Waals surface area contributed by atoms with Crippen molar-refractivity contribution in [2.45, 2.75) is 19.3 Å². The third-order valence-electron chi connectivity index (χ3n) is 5.30. The molecule has 0 bridgehead atoms. The van der Waals surface area contributed by atoms with Gasteiger partial charge in [-0.05, 0) is 60.2 Å². The minimum Gasteiger partial charge on any atom is -0.465 e. The zero-order valence-corrected chi connectivity index (χ0v) is 15.5. The molecular weight excluding hydrogens is 354 g/mol. The molecule has 2 aromatic carbocycles. The summed E-state index contributed by atoms with van der Waals surface area (Å²) < 4.78 is 16.0. The fraction of sp³-hybridized carbons (Fsp3) is 0.217. The summed E-state index contributed by atoms with van der Waals surface area (Å²) in [6, 6.07) is 13.6. The molecule has 5 heteroatoms. The van der Waals surface area contributed by atoms with Crippen LogP contribution in [0, 0.1) is 0 Å². The van der Waals surface area contributed by atoms with E-state index in [0.717, 1.165) is 64.1 Å². The molecule has 5 nitrogen and oxygen atoms in total. The molecule has 1 aromatic heterocycles. The highest BCUT2D eigenvalue weighted by molar-refractivity contribution is 6.06. The largest absolute Gasteiger partial charge is 0.465 e. The summed E-state index contributed by atoms with van der Waals surface area (Å²) in [6.45, 7) is 0.258. The maximum atomic E-state index is 12.6. The number of ether oxygens (including phenoxy) is 3. The Morgan fingerprint density at radius 2 is 1.96 bits per heavy atom. The third kappa shape index (κ3) is 2.71. The minimum atomic E-state index is -0.306. The molecule has 5 rings (SSSR count). The molecule has 28 heavy (non-hydrogen) atoms. The van der Waals surface area contributed by atoms with Gasteiger partial charge < -0.3 is 14.2 Å². The van der Waals surface area contributed by atoms with Crippen LogP contribution in [0.4, 0.5) is 0 Å². The summed E-state index contributed by atoms with van der Waals surface area (Å²) >= 11 is 0. The van der Waals surface area contributed by atoms with E-state index in [1.807, 2.05) is 42.5 Å². The van der Waals surface area contributed by atoms with E-state index in [2.05, 4.69) is 6.08 Å². The van der Waals surface area contributed by atoms with Crippen LogP contribution in [0.25, 0.3) is 22.6 Å². The van der Waals surface area contributed by atoms with Crippen molar-refractivity contribution in [2.24, 2.45) is 0 Å². The van der Waals surface area contributed by atoms with Gasteiger partial charge in [-0.2, -0.15) is 0 Å². The topological polar surface area (TPSA) is 57.7 Å².